The van der Waals surface area contributed by atoms with Gasteiger partial charge in [-0.3, -0.25) is 9.59 Å². The minimum atomic E-state index is -0.984. The van der Waals surface area contributed by atoms with Gasteiger partial charge >= 0.3 is 12.0 Å². The summed E-state index contributed by atoms with van der Waals surface area (Å²) in [4.78, 5) is 52.1. The molecule has 170 valence electrons. The second kappa shape index (κ2) is 10.6. The first kappa shape index (κ1) is 24.0. The van der Waals surface area contributed by atoms with Gasteiger partial charge in [0.15, 0.2) is 0 Å². The molecule has 1 aromatic heterocycles. The number of carbonyl (C=O) groups is 4. The summed E-state index contributed by atoms with van der Waals surface area (Å²) >= 11 is 0. The molecule has 2 heterocycles. The monoisotopic (exact) mass is 433 g/mol. The summed E-state index contributed by atoms with van der Waals surface area (Å²) in [6.07, 6.45) is 3.66. The van der Waals surface area contributed by atoms with E-state index in [1.807, 2.05) is 0 Å². The Bertz CT molecular complexity index is 834. The summed E-state index contributed by atoms with van der Waals surface area (Å²) in [7, 11) is 2.99. The van der Waals surface area contributed by atoms with E-state index in [1.54, 1.807) is 43.8 Å². The molecule has 0 aromatic carbocycles. The van der Waals surface area contributed by atoms with Gasteiger partial charge in [-0.15, -0.1) is 6.58 Å². The largest absolute Gasteiger partial charge is 0.467 e. The van der Waals surface area contributed by atoms with Crippen molar-refractivity contribution in [1.29, 1.82) is 0 Å². The fourth-order valence-corrected chi connectivity index (χ4v) is 3.57. The van der Waals surface area contributed by atoms with Gasteiger partial charge in [-0.2, -0.15) is 0 Å². The van der Waals surface area contributed by atoms with E-state index in [0.717, 1.165) is 0 Å². The Morgan fingerprint density at radius 1 is 1.32 bits per heavy atom. The highest BCUT2D eigenvalue weighted by Gasteiger charge is 2.44. The molecule has 1 aliphatic heterocycles. The fraction of sp³-hybridized carbons (Fsp3) is 0.524. The molecule has 4 amide bonds. The Morgan fingerprint density at radius 3 is 2.58 bits per heavy atom. The number of ether oxygens (including phenoxy) is 1. The van der Waals surface area contributed by atoms with Crippen LogP contribution in [0.25, 0.3) is 0 Å². The molecule has 1 fully saturated rings. The van der Waals surface area contributed by atoms with Gasteiger partial charge in [0.05, 0.1) is 13.2 Å². The molecule has 3 atom stereocenters. The van der Waals surface area contributed by atoms with Gasteiger partial charge in [0.1, 0.15) is 17.8 Å². The topological polar surface area (TPSA) is 122 Å². The van der Waals surface area contributed by atoms with Gasteiger partial charge in [-0.25, -0.2) is 9.59 Å². The third-order valence-electron chi connectivity index (χ3n) is 5.23. The quantitative estimate of drug-likeness (QED) is 0.405. The van der Waals surface area contributed by atoms with Crippen molar-refractivity contribution in [2.45, 2.75) is 38.4 Å². The number of carbonyl (C=O) groups excluding carboxylic acids is 4. The predicted molar refractivity (Wildman–Crippen MR) is 114 cm³/mol. The zero-order valence-electron chi connectivity index (χ0n) is 18.4. The summed E-state index contributed by atoms with van der Waals surface area (Å²) < 4.78 is 6.46. The molecule has 10 heteroatoms. The second-order valence-electron chi connectivity index (χ2n) is 7.74. The number of aromatic nitrogens is 1. The summed E-state index contributed by atoms with van der Waals surface area (Å²) in [6, 6.07) is 0.454. The first-order valence-electron chi connectivity index (χ1n) is 10.2. The Morgan fingerprint density at radius 2 is 2.03 bits per heavy atom. The average Bonchev–Trinajstić information content (AvgIpc) is 3.35. The molecular weight excluding hydrogens is 402 g/mol. The highest BCUT2D eigenvalue weighted by Crippen LogP contribution is 2.22. The average molecular weight is 434 g/mol. The van der Waals surface area contributed by atoms with Gasteiger partial charge in [-0.05, 0) is 24.5 Å². The van der Waals surface area contributed by atoms with E-state index >= 15 is 0 Å². The van der Waals surface area contributed by atoms with E-state index in [9.17, 15) is 19.2 Å². The van der Waals surface area contributed by atoms with E-state index in [1.165, 1.54) is 18.1 Å². The molecule has 1 aliphatic rings. The van der Waals surface area contributed by atoms with Crippen LogP contribution >= 0.6 is 0 Å². The van der Waals surface area contributed by atoms with Crippen molar-refractivity contribution in [2.75, 3.05) is 20.2 Å². The number of nitrogens with one attached hydrogen (secondary N) is 3. The van der Waals surface area contributed by atoms with Crippen LogP contribution in [-0.2, 0) is 21.4 Å². The number of amides is 4. The predicted octanol–water partition coefficient (Wildman–Crippen LogP) is 0.407. The minimum Gasteiger partial charge on any atom is -0.467 e. The molecule has 0 saturated carbocycles. The summed E-state index contributed by atoms with van der Waals surface area (Å²) in [6.45, 7) is 7.65. The van der Waals surface area contributed by atoms with Crippen LogP contribution < -0.4 is 16.0 Å². The van der Waals surface area contributed by atoms with Crippen molar-refractivity contribution in [3.8, 4) is 0 Å². The van der Waals surface area contributed by atoms with E-state index in [-0.39, 0.29) is 24.9 Å². The van der Waals surface area contributed by atoms with Crippen LogP contribution in [0.15, 0.2) is 31.0 Å². The van der Waals surface area contributed by atoms with Crippen molar-refractivity contribution in [2.24, 2.45) is 13.0 Å². The summed E-state index contributed by atoms with van der Waals surface area (Å²) in [5, 5.41) is 8.06. The molecule has 1 saturated heterocycles. The van der Waals surface area contributed by atoms with Crippen LogP contribution in [-0.4, -0.2) is 71.6 Å². The van der Waals surface area contributed by atoms with Crippen molar-refractivity contribution < 1.29 is 23.9 Å². The van der Waals surface area contributed by atoms with Gasteiger partial charge in [0.25, 0.3) is 5.91 Å². The lowest BCUT2D eigenvalue weighted by Crippen LogP contribution is -2.59. The van der Waals surface area contributed by atoms with Crippen LogP contribution in [0.5, 0.6) is 0 Å². The van der Waals surface area contributed by atoms with Crippen molar-refractivity contribution in [3.05, 3.63) is 36.7 Å². The molecular formula is C21H31N5O5. The Kier molecular flexibility index (Phi) is 8.23. The smallest absolute Gasteiger partial charge is 0.328 e. The third kappa shape index (κ3) is 5.65. The molecule has 2 rings (SSSR count). The number of esters is 1. The Hall–Kier alpha value is -3.30. The van der Waals surface area contributed by atoms with Crippen molar-refractivity contribution in [1.82, 2.24) is 25.4 Å². The van der Waals surface area contributed by atoms with E-state index in [4.69, 9.17) is 4.74 Å². The van der Waals surface area contributed by atoms with Crippen molar-refractivity contribution >= 4 is 23.8 Å². The number of aryl methyl sites for hydroxylation is 1. The molecule has 0 spiro atoms. The minimum absolute atomic E-state index is 0.225. The van der Waals surface area contributed by atoms with E-state index < -0.39 is 36.0 Å². The molecule has 3 N–H and O–H groups in total. The summed E-state index contributed by atoms with van der Waals surface area (Å²) in [5.41, 5.74) is 0.419. The molecule has 1 aromatic rings. The number of nitrogens with zero attached hydrogens (tertiary/aromatic N) is 2. The van der Waals surface area contributed by atoms with E-state index in [2.05, 4.69) is 22.5 Å². The van der Waals surface area contributed by atoms with Crippen LogP contribution in [0.3, 0.4) is 0 Å². The molecule has 0 unspecified atom stereocenters. The van der Waals surface area contributed by atoms with Crippen LogP contribution in [0.4, 0.5) is 4.79 Å². The lowest BCUT2D eigenvalue weighted by molar-refractivity contribution is -0.146. The number of urea groups is 1. The first-order chi connectivity index (χ1) is 14.7. The van der Waals surface area contributed by atoms with Crippen LogP contribution in [0.1, 0.15) is 30.8 Å². The first-order valence-corrected chi connectivity index (χ1v) is 10.2. The van der Waals surface area contributed by atoms with Crippen LogP contribution in [0.2, 0.25) is 0 Å². The highest BCUT2D eigenvalue weighted by molar-refractivity contribution is 5.98. The molecule has 31 heavy (non-hydrogen) atoms. The lowest BCUT2D eigenvalue weighted by Gasteiger charge is -2.30. The van der Waals surface area contributed by atoms with Crippen LogP contribution in [0, 0.1) is 5.92 Å². The number of hydrogen-bond acceptors (Lipinski definition) is 5. The fourth-order valence-electron chi connectivity index (χ4n) is 3.57. The van der Waals surface area contributed by atoms with Gasteiger partial charge in [0, 0.05) is 26.3 Å². The number of rotatable bonds is 8. The second-order valence-corrected chi connectivity index (χ2v) is 7.74. The third-order valence-corrected chi connectivity index (χ3v) is 5.23. The Balaban J connectivity index is 2.29. The van der Waals surface area contributed by atoms with Gasteiger partial charge in [0.2, 0.25) is 5.91 Å². The number of likely N-dealkylation sites (tertiary alicyclic amines) is 1. The standard InChI is InChI=1S/C21H31N5O5/c1-6-10-22-21(30)23-14-9-12-26(19(28)15-8-7-11-25(15)4)17(14)18(27)24-16(13(2)3)20(29)31-5/h6-8,11,13-14,16-17H,1,9-10,12H2,2-5H3,(H,24,27)(H2,22,23,30)/t14-,16+,17-/m0/s1. The maximum Gasteiger partial charge on any atom is 0.328 e. The molecule has 0 aliphatic carbocycles. The number of hydrogen-bond donors (Lipinski definition) is 3. The van der Waals surface area contributed by atoms with Gasteiger partial charge in [-0.1, -0.05) is 19.9 Å². The zero-order valence-corrected chi connectivity index (χ0v) is 18.4. The zero-order chi connectivity index (χ0) is 23.1. The normalized spacial score (nSPS) is 18.9. The molecule has 0 bridgehead atoms. The summed E-state index contributed by atoms with van der Waals surface area (Å²) in [5.74, 6) is -1.66. The SMILES string of the molecule is C=CCNC(=O)N[C@H]1CCN(C(=O)c2cccn2C)[C@@H]1C(=O)N[C@@H](C(=O)OC)C(C)C. The maximum absolute atomic E-state index is 13.2. The lowest BCUT2D eigenvalue weighted by atomic mass is 10.0. The number of methoxy groups -OCH3 is 1. The molecule has 0 radical (unpaired) electrons. The Labute approximate surface area is 182 Å². The van der Waals surface area contributed by atoms with E-state index in [0.29, 0.717) is 12.1 Å². The maximum atomic E-state index is 13.2. The molecule has 10 nitrogen and oxygen atoms in total. The van der Waals surface area contributed by atoms with Crippen molar-refractivity contribution in [3.63, 3.8) is 0 Å². The highest BCUT2D eigenvalue weighted by atomic mass is 16.5. The van der Waals surface area contributed by atoms with Gasteiger partial charge < -0.3 is 30.2 Å².